The Labute approximate surface area is 591 Å². The van der Waals surface area contributed by atoms with Crippen molar-refractivity contribution in [3.63, 3.8) is 0 Å². The van der Waals surface area contributed by atoms with Crippen LogP contribution in [0.3, 0.4) is 0 Å². The fraction of sp³-hybridized carbons (Fsp3) is 0.778. The van der Waals surface area contributed by atoms with E-state index in [4.69, 9.17) is 0 Å². The minimum atomic E-state index is -0.786. The molecule has 6 fully saturated rings. The van der Waals surface area contributed by atoms with Crippen molar-refractivity contribution in [1.82, 2.24) is 37.7 Å². The number of hydrogen-bond donors (Lipinski definition) is 2. The highest BCUT2D eigenvalue weighted by atomic mass is 33.1. The van der Waals surface area contributed by atoms with Gasteiger partial charge in [-0.25, -0.2) is 76.0 Å². The number of fused-ring (bicyclic) bond motifs is 2. The lowest BCUT2D eigenvalue weighted by atomic mass is 9.40. The van der Waals surface area contributed by atoms with E-state index in [1.54, 1.807) is 21.6 Å². The summed E-state index contributed by atoms with van der Waals surface area (Å²) in [6, 6.07) is -2.62. The monoisotopic (exact) mass is 1420 g/mol. The van der Waals surface area contributed by atoms with Crippen molar-refractivity contribution in [2.24, 2.45) is 113 Å². The Kier molecular flexibility index (Phi) is 19.1. The van der Waals surface area contributed by atoms with Gasteiger partial charge in [-0.05, 0) is 159 Å². The molecule has 8 aliphatic carbocycles. The van der Waals surface area contributed by atoms with Crippen molar-refractivity contribution in [2.45, 2.75) is 220 Å². The number of nitrogens with zero attached hydrogens (tertiary/aromatic N) is 12. The molecule has 2 aromatic rings. The number of aliphatic hydroxyl groups is 2. The molecule has 8 amide bonds. The van der Waals surface area contributed by atoms with Gasteiger partial charge in [0.1, 0.15) is 0 Å². The first-order chi connectivity index (χ1) is 46.5. The van der Waals surface area contributed by atoms with E-state index in [-0.39, 0.29) is 94.3 Å². The van der Waals surface area contributed by atoms with Crippen LogP contribution in [0.1, 0.15) is 173 Å². The summed E-state index contributed by atoms with van der Waals surface area (Å²) in [5.41, 5.74) is -4.44. The number of azo groups is 2. The van der Waals surface area contributed by atoms with Crippen LogP contribution in [0.5, 0.6) is 0 Å². The fourth-order valence-corrected chi connectivity index (χ4v) is 26.4. The van der Waals surface area contributed by atoms with Gasteiger partial charge < -0.3 is 10.2 Å². The first-order valence-electron chi connectivity index (χ1n) is 36.5. The molecule has 4 spiro atoms. The second kappa shape index (κ2) is 26.2. The van der Waals surface area contributed by atoms with Crippen LogP contribution in [-0.4, -0.2) is 120 Å². The number of carbonyl (C=O) groups is 4. The minimum Gasteiger partial charge on any atom is -0.393 e. The molecule has 0 saturated heterocycles. The van der Waals surface area contributed by atoms with E-state index >= 15 is 19.2 Å². The number of rotatable bonds is 22. The minimum absolute atomic E-state index is 0.0143. The highest BCUT2D eigenvalue weighted by Gasteiger charge is 2.77. The zero-order valence-corrected chi connectivity index (χ0v) is 62.7. The Hall–Kier alpha value is -4.76. The van der Waals surface area contributed by atoms with E-state index in [1.165, 1.54) is 30.7 Å². The van der Waals surface area contributed by atoms with Gasteiger partial charge in [0.2, 0.25) is 0 Å². The number of amides is 8. The zero-order valence-electron chi connectivity index (χ0n) is 59.4. The van der Waals surface area contributed by atoms with E-state index in [1.807, 2.05) is 18.7 Å². The molecule has 14 aliphatic rings. The Balaban J connectivity index is 0.000000371. The van der Waals surface area contributed by atoms with Gasteiger partial charge in [0, 0.05) is 72.9 Å². The van der Waals surface area contributed by atoms with Gasteiger partial charge >= 0.3 is 46.9 Å². The molecule has 26 heteroatoms. The highest BCUT2D eigenvalue weighted by molar-refractivity contribution is 8.77. The maximum Gasteiger partial charge on any atom is 0.370 e. The third-order valence-corrected chi connectivity index (χ3v) is 33.1. The van der Waals surface area contributed by atoms with E-state index in [0.717, 1.165) is 74.0 Å². The number of aromatic nitrogens is 6. The molecule has 22 nitrogen and oxygen atoms in total. The maximum atomic E-state index is 15.4. The number of imide groups is 2. The van der Waals surface area contributed by atoms with Crippen LogP contribution < -0.4 is 22.8 Å². The molecule has 6 aliphatic heterocycles. The second-order valence-electron chi connectivity index (χ2n) is 33.1. The third kappa shape index (κ3) is 10.6. The first-order valence-corrected chi connectivity index (χ1v) is 41.5. The molecule has 2 aromatic heterocycles. The largest absolute Gasteiger partial charge is 0.393 e. The van der Waals surface area contributed by atoms with E-state index in [0.29, 0.717) is 96.0 Å². The molecule has 16 rings (SSSR count). The molecule has 0 radical (unpaired) electrons. The SMILES string of the molecule is CC(C)[C@@H](C)/C=C/[C@@H](C)[C@H]1CC[C@H]2C34C=CC5(C[C@@H](O)CC[C@]5(C)[C@H]3CC[C@]12C)n1c(=O)n(CCSSCCn2c(=O)n3n(c2=O)C25C=CC36[C@@H]3CC[C@H]([C@H](C)/C=C/[C@H](C)C(C)C)[C@@]3(C)CC[C@@H]6[C@@]2(C)CC[C@H](O)C5)c(=O)n14.O=C1N=NC(=O)N1CCSSCCN1C(=O)N=NC1=O. The maximum absolute atomic E-state index is 15.4. The predicted octanol–water partition coefficient (Wildman–Crippen LogP) is 13.3. The fourth-order valence-electron chi connectivity index (χ4n) is 22.6. The number of urea groups is 4. The van der Waals surface area contributed by atoms with Gasteiger partial charge in [-0.3, -0.25) is 0 Å². The van der Waals surface area contributed by atoms with Crippen LogP contribution in [0.15, 0.2) is 88.2 Å². The zero-order chi connectivity index (χ0) is 70.2. The predicted molar refractivity (Wildman–Crippen MR) is 385 cm³/mol. The molecule has 536 valence electrons. The molecule has 20 atom stereocenters. The smallest absolute Gasteiger partial charge is 0.370 e. The molecule has 0 aromatic carbocycles. The lowest BCUT2D eigenvalue weighted by molar-refractivity contribution is -0.199. The quantitative estimate of drug-likeness (QED) is 0.0631. The van der Waals surface area contributed by atoms with Crippen LogP contribution in [0, 0.1) is 92.7 Å². The number of aliphatic hydroxyl groups excluding tert-OH is 2. The summed E-state index contributed by atoms with van der Waals surface area (Å²) < 4.78 is 10.6. The van der Waals surface area contributed by atoms with Crippen molar-refractivity contribution in [3.8, 4) is 0 Å². The molecule has 4 unspecified atom stereocenters. The van der Waals surface area contributed by atoms with Crippen molar-refractivity contribution in [3.05, 3.63) is 90.5 Å². The van der Waals surface area contributed by atoms with Gasteiger partial charge in [0.05, 0.1) is 34.4 Å². The third-order valence-electron chi connectivity index (χ3n) is 28.3. The van der Waals surface area contributed by atoms with Crippen molar-refractivity contribution in [1.29, 1.82) is 0 Å². The van der Waals surface area contributed by atoms with Gasteiger partial charge in [0.15, 0.2) is 0 Å². The molecular formula is C72H104N12O10S4. The van der Waals surface area contributed by atoms with Crippen molar-refractivity contribution >= 4 is 67.3 Å². The molecule has 4 bridgehead atoms. The Bertz CT molecular complexity index is 3670. The lowest BCUT2D eigenvalue weighted by Crippen LogP contribution is -2.76. The number of allylic oxidation sites excluding steroid dienone is 8. The Morgan fingerprint density at radius 2 is 0.765 bits per heavy atom. The van der Waals surface area contributed by atoms with Gasteiger partial charge in [-0.2, -0.15) is 0 Å². The standard InChI is InChI=1S/C64H96N6O6S2.C8H8N6O4S2/c1-39(2)41(5)13-15-43(7)47-17-19-49-57(47,9)25-23-51-59(11)27-21-45(71)37-61(59)29-31-63(49,51)69-55(75)65(53(73)67(61)69)33-35-77-78-36-34-66-54(74)68-62-30-32-64(70(68)56(66)76)50-20-18-48(44(8)16-14-42(6)40(3)4)58(50,10)26-24-52(64)60(62,12)28-22-46(72)38-62;15-5-9-10-6(16)13(5)1-3-19-20-4-2-14-7(17)11-12-8(14)18/h13-16,29-32,39-52,71-72H,17-28,33-38H2,1-12H3;1-4H2/b15-13+,16-14+;/t41-,42-,43+,44+,45-,46-,47+,48+,49+,50+,51+,52+,57+,58+,59+,60+,61?,62?,63?,64?;/m0./s1. The Morgan fingerprint density at radius 1 is 0.429 bits per heavy atom. The van der Waals surface area contributed by atoms with Crippen LogP contribution in [0.4, 0.5) is 19.2 Å². The normalized spacial score (nSPS) is 38.7. The molecule has 98 heavy (non-hydrogen) atoms. The summed E-state index contributed by atoms with van der Waals surface area (Å²) >= 11 is 0. The van der Waals surface area contributed by atoms with Crippen LogP contribution in [0.25, 0.3) is 0 Å². The molecular weight excluding hydrogens is 1320 g/mol. The summed E-state index contributed by atoms with van der Waals surface area (Å²) in [5.74, 6) is 6.68. The number of carbonyl (C=O) groups excluding carboxylic acids is 4. The van der Waals surface area contributed by atoms with Crippen molar-refractivity contribution < 1.29 is 29.4 Å². The van der Waals surface area contributed by atoms with E-state index < -0.39 is 58.5 Å². The lowest BCUT2D eigenvalue weighted by Gasteiger charge is -2.71. The van der Waals surface area contributed by atoms with Gasteiger partial charge in [-0.15, -0.1) is 0 Å². The summed E-state index contributed by atoms with van der Waals surface area (Å²) in [5, 5.41) is 35.3. The van der Waals surface area contributed by atoms with Gasteiger partial charge in [0.25, 0.3) is 0 Å². The average Bonchev–Trinajstić information content (AvgIpc) is 1.32. The second-order valence-corrected chi connectivity index (χ2v) is 38.5. The van der Waals surface area contributed by atoms with E-state index in [9.17, 15) is 29.4 Å². The average molecular weight is 1430 g/mol. The topological polar surface area (TPSA) is 263 Å². The summed E-state index contributed by atoms with van der Waals surface area (Å²) in [6.07, 6.45) is 30.3. The van der Waals surface area contributed by atoms with Crippen LogP contribution in [-0.2, 0) is 35.2 Å². The summed E-state index contributed by atoms with van der Waals surface area (Å²) in [7, 11) is 5.99. The van der Waals surface area contributed by atoms with Crippen LogP contribution >= 0.6 is 43.2 Å². The molecule has 6 saturated carbocycles. The first kappa shape index (κ1) is 71.6. The number of hydrogen-bond acceptors (Lipinski definition) is 14. The Morgan fingerprint density at radius 3 is 1.11 bits per heavy atom. The highest BCUT2D eigenvalue weighted by Crippen LogP contribution is 2.76. The van der Waals surface area contributed by atoms with E-state index in [2.05, 4.69) is 152 Å². The molecule has 8 heterocycles. The molecule has 2 N–H and O–H groups in total. The summed E-state index contributed by atoms with van der Waals surface area (Å²) in [6.45, 7) is 29.2. The van der Waals surface area contributed by atoms with Crippen LogP contribution in [0.2, 0.25) is 0 Å². The van der Waals surface area contributed by atoms with Gasteiger partial charge in [-0.1, -0.05) is 195 Å². The summed E-state index contributed by atoms with van der Waals surface area (Å²) in [4.78, 5) is 107. The van der Waals surface area contributed by atoms with Crippen molar-refractivity contribution in [2.75, 3.05) is 36.1 Å².